The molecule has 1 unspecified atom stereocenters. The molecule has 1 aliphatic rings. The molecule has 1 aliphatic heterocycles. The van der Waals surface area contributed by atoms with E-state index in [2.05, 4.69) is 18.3 Å². The van der Waals surface area contributed by atoms with Crippen LogP contribution in [0, 0.1) is 11.3 Å². The Bertz CT molecular complexity index is 854. The number of benzene rings is 2. The number of nitrogens with one attached hydrogen (secondary N) is 1. The molecule has 2 aromatic carbocycles. The monoisotopic (exact) mass is 337 g/mol. The van der Waals surface area contributed by atoms with Crippen LogP contribution in [0.15, 0.2) is 60.3 Å². The van der Waals surface area contributed by atoms with Gasteiger partial charge in [-0.15, -0.1) is 0 Å². The summed E-state index contributed by atoms with van der Waals surface area (Å²) in [5.74, 6) is -0.470. The van der Waals surface area contributed by atoms with E-state index in [0.717, 1.165) is 12.1 Å². The Morgan fingerprint density at radius 2 is 2.00 bits per heavy atom. The second-order valence-corrected chi connectivity index (χ2v) is 6.08. The van der Waals surface area contributed by atoms with Crippen molar-refractivity contribution < 1.29 is 4.79 Å². The van der Waals surface area contributed by atoms with Gasteiger partial charge in [-0.05, 0) is 37.1 Å². The van der Waals surface area contributed by atoms with E-state index in [1.807, 2.05) is 29.2 Å². The number of halogens is 1. The Balaban J connectivity index is 1.86. The van der Waals surface area contributed by atoms with Crippen molar-refractivity contribution in [3.63, 3.8) is 0 Å². The Morgan fingerprint density at radius 3 is 2.75 bits per heavy atom. The maximum absolute atomic E-state index is 12.4. The average Bonchev–Trinajstić information content (AvgIpc) is 2.90. The minimum Gasteiger partial charge on any atom is -0.343 e. The molecule has 4 nitrogen and oxygen atoms in total. The molecule has 0 bridgehead atoms. The van der Waals surface area contributed by atoms with Gasteiger partial charge in [0, 0.05) is 17.9 Å². The number of para-hydroxylation sites is 2. The van der Waals surface area contributed by atoms with Crippen molar-refractivity contribution in [2.75, 3.05) is 10.2 Å². The first-order chi connectivity index (χ1) is 11.6. The van der Waals surface area contributed by atoms with Gasteiger partial charge in [0.05, 0.1) is 10.7 Å². The standard InChI is InChI=1S/C19H16ClN3O/c1-13-10-14-6-2-5-9-18(14)23(13)12-15(11-21)19(24)22-17-8-4-3-7-16(17)20/h2-9,12-13H,10H2,1H3,(H,22,24)/b15-12-. The Hall–Kier alpha value is -2.77. The molecule has 0 saturated carbocycles. The molecular formula is C19H16ClN3O. The van der Waals surface area contributed by atoms with Gasteiger partial charge in [-0.3, -0.25) is 4.79 Å². The highest BCUT2D eigenvalue weighted by molar-refractivity contribution is 6.34. The lowest BCUT2D eigenvalue weighted by Gasteiger charge is -2.20. The first-order valence-corrected chi connectivity index (χ1v) is 8.02. The van der Waals surface area contributed by atoms with Gasteiger partial charge in [0.2, 0.25) is 0 Å². The predicted octanol–water partition coefficient (Wildman–Crippen LogP) is 4.14. The predicted molar refractivity (Wildman–Crippen MR) is 95.9 cm³/mol. The molecule has 0 spiro atoms. The van der Waals surface area contributed by atoms with Crippen molar-refractivity contribution in [2.24, 2.45) is 0 Å². The third kappa shape index (κ3) is 3.12. The maximum atomic E-state index is 12.4. The van der Waals surface area contributed by atoms with Gasteiger partial charge in [0.25, 0.3) is 5.91 Å². The van der Waals surface area contributed by atoms with Gasteiger partial charge in [-0.1, -0.05) is 41.9 Å². The molecule has 0 fully saturated rings. The third-order valence-electron chi connectivity index (χ3n) is 4.02. The molecule has 3 rings (SSSR count). The summed E-state index contributed by atoms with van der Waals surface area (Å²) in [7, 11) is 0. The summed E-state index contributed by atoms with van der Waals surface area (Å²) in [6, 6.07) is 17.1. The SMILES string of the molecule is CC1Cc2ccccc2N1/C=C(/C#N)C(=O)Nc1ccccc1Cl. The molecule has 1 N–H and O–H groups in total. The van der Waals surface area contributed by atoms with Crippen molar-refractivity contribution in [2.45, 2.75) is 19.4 Å². The number of carbonyl (C=O) groups excluding carboxylic acids is 1. The zero-order chi connectivity index (χ0) is 17.1. The molecule has 120 valence electrons. The summed E-state index contributed by atoms with van der Waals surface area (Å²) < 4.78 is 0. The van der Waals surface area contributed by atoms with Crippen LogP contribution in [0.1, 0.15) is 12.5 Å². The smallest absolute Gasteiger partial charge is 0.267 e. The van der Waals surface area contributed by atoms with Crippen LogP contribution >= 0.6 is 11.6 Å². The lowest BCUT2D eigenvalue weighted by atomic mass is 10.1. The molecule has 0 aliphatic carbocycles. The quantitative estimate of drug-likeness (QED) is 0.676. The van der Waals surface area contributed by atoms with Crippen LogP contribution in [0.4, 0.5) is 11.4 Å². The number of fused-ring (bicyclic) bond motifs is 1. The number of nitrogens with zero attached hydrogens (tertiary/aromatic N) is 2. The fourth-order valence-corrected chi connectivity index (χ4v) is 3.00. The van der Waals surface area contributed by atoms with Crippen molar-refractivity contribution in [1.29, 1.82) is 5.26 Å². The highest BCUT2D eigenvalue weighted by atomic mass is 35.5. The zero-order valence-corrected chi connectivity index (χ0v) is 13.9. The van der Waals surface area contributed by atoms with E-state index in [9.17, 15) is 10.1 Å². The summed E-state index contributed by atoms with van der Waals surface area (Å²) in [4.78, 5) is 14.4. The normalized spacial score (nSPS) is 16.5. The summed E-state index contributed by atoms with van der Waals surface area (Å²) >= 11 is 6.05. The van der Waals surface area contributed by atoms with Crippen LogP contribution in [0.3, 0.4) is 0 Å². The largest absolute Gasteiger partial charge is 0.343 e. The number of carbonyl (C=O) groups is 1. The first kappa shape index (κ1) is 16.1. The van der Waals surface area contributed by atoms with Gasteiger partial charge in [-0.2, -0.15) is 5.26 Å². The molecule has 5 heteroatoms. The molecule has 1 heterocycles. The highest BCUT2D eigenvalue weighted by Gasteiger charge is 2.25. The molecular weight excluding hydrogens is 322 g/mol. The lowest BCUT2D eigenvalue weighted by molar-refractivity contribution is -0.112. The zero-order valence-electron chi connectivity index (χ0n) is 13.2. The lowest BCUT2D eigenvalue weighted by Crippen LogP contribution is -2.25. The topological polar surface area (TPSA) is 56.1 Å². The van der Waals surface area contributed by atoms with Gasteiger partial charge < -0.3 is 10.2 Å². The second-order valence-electron chi connectivity index (χ2n) is 5.68. The summed E-state index contributed by atoms with van der Waals surface area (Å²) in [5, 5.41) is 12.5. The second kappa shape index (κ2) is 6.77. The fourth-order valence-electron chi connectivity index (χ4n) is 2.82. The minimum absolute atomic E-state index is 0.0403. The number of rotatable bonds is 3. The number of hydrogen-bond donors (Lipinski definition) is 1. The van der Waals surface area contributed by atoms with Crippen molar-refractivity contribution >= 4 is 28.9 Å². The van der Waals surface area contributed by atoms with Crippen LogP contribution in [0.2, 0.25) is 5.02 Å². The van der Waals surface area contributed by atoms with Gasteiger partial charge in [-0.25, -0.2) is 0 Å². The highest BCUT2D eigenvalue weighted by Crippen LogP contribution is 2.32. The number of nitriles is 1. The van der Waals surface area contributed by atoms with Gasteiger partial charge in [0.15, 0.2) is 0 Å². The first-order valence-electron chi connectivity index (χ1n) is 7.64. The third-order valence-corrected chi connectivity index (χ3v) is 4.34. The molecule has 0 aromatic heterocycles. The van der Waals surface area contributed by atoms with Crippen LogP contribution in [-0.2, 0) is 11.2 Å². The van der Waals surface area contributed by atoms with Gasteiger partial charge in [0.1, 0.15) is 11.6 Å². The van der Waals surface area contributed by atoms with Crippen molar-refractivity contribution in [3.8, 4) is 6.07 Å². The summed E-state index contributed by atoms with van der Waals surface area (Å²) in [6.07, 6.45) is 2.50. The summed E-state index contributed by atoms with van der Waals surface area (Å²) in [6.45, 7) is 2.07. The van der Waals surface area contributed by atoms with Crippen LogP contribution in [0.5, 0.6) is 0 Å². The molecule has 2 aromatic rings. The number of amides is 1. The maximum Gasteiger partial charge on any atom is 0.267 e. The molecule has 1 atom stereocenters. The van der Waals surface area contributed by atoms with E-state index in [4.69, 9.17) is 11.6 Å². The summed E-state index contributed by atoms with van der Waals surface area (Å²) in [5.41, 5.74) is 2.77. The Kier molecular flexibility index (Phi) is 4.54. The van der Waals surface area contributed by atoms with E-state index in [-0.39, 0.29) is 11.6 Å². The minimum atomic E-state index is -0.470. The van der Waals surface area contributed by atoms with E-state index >= 15 is 0 Å². The molecule has 1 amide bonds. The van der Waals surface area contributed by atoms with E-state index in [1.54, 1.807) is 30.5 Å². The number of anilines is 2. The molecule has 24 heavy (non-hydrogen) atoms. The average molecular weight is 338 g/mol. The van der Waals surface area contributed by atoms with Gasteiger partial charge >= 0.3 is 0 Å². The Morgan fingerprint density at radius 1 is 1.29 bits per heavy atom. The number of hydrogen-bond acceptors (Lipinski definition) is 3. The Labute approximate surface area is 146 Å². The molecule has 0 saturated heterocycles. The van der Waals surface area contributed by atoms with E-state index in [1.165, 1.54) is 5.56 Å². The fraction of sp³-hybridized carbons (Fsp3) is 0.158. The van der Waals surface area contributed by atoms with Crippen LogP contribution < -0.4 is 10.2 Å². The molecule has 0 radical (unpaired) electrons. The van der Waals surface area contributed by atoms with Crippen molar-refractivity contribution in [1.82, 2.24) is 0 Å². The van der Waals surface area contributed by atoms with Crippen LogP contribution in [-0.4, -0.2) is 11.9 Å². The van der Waals surface area contributed by atoms with E-state index in [0.29, 0.717) is 10.7 Å². The van der Waals surface area contributed by atoms with E-state index < -0.39 is 5.91 Å². The van der Waals surface area contributed by atoms with Crippen molar-refractivity contribution in [3.05, 3.63) is 70.9 Å². The van der Waals surface area contributed by atoms with Crippen LogP contribution in [0.25, 0.3) is 0 Å².